The van der Waals surface area contributed by atoms with Crippen molar-refractivity contribution in [2.75, 3.05) is 19.8 Å². The third kappa shape index (κ3) is 11.7. The summed E-state index contributed by atoms with van der Waals surface area (Å²) in [6.45, 7) is -1.19. The average molecular weight is 1060 g/mol. The maximum absolute atomic E-state index is 14.8. The van der Waals surface area contributed by atoms with Crippen molar-refractivity contribution in [3.8, 4) is 40.1 Å². The molecule has 410 valence electrons. The normalized spacial score (nSPS) is 36.3. The Morgan fingerprint density at radius 1 is 0.587 bits per heavy atom. The average Bonchev–Trinajstić information content (AvgIpc) is 3.39. The molecule has 8 rings (SSSR count). The molecule has 27 nitrogen and oxygen atoms in total. The fraction of sp³-hybridized carbons (Fsp3) is 0.500. The van der Waals surface area contributed by atoms with Crippen molar-refractivity contribution >= 4 is 23.0 Å². The third-order valence-corrected chi connectivity index (χ3v) is 12.9. The maximum atomic E-state index is 14.8. The van der Waals surface area contributed by atoms with E-state index in [1.165, 1.54) is 61.5 Å². The summed E-state index contributed by atoms with van der Waals surface area (Å²) in [4.78, 5) is 27.4. The second-order valence-corrected chi connectivity index (χ2v) is 18.1. The standard InChI is InChI=1S/C48H56O27/c1-17-30(55)42(73-47-40(65)37(62)33(58)27(72-47)16-66-28(54)11-4-18-2-7-20(51)8-3-18)44(75-46-39(64)36(61)32(57)26(15-50)71-46)48(67-17)74-43-34(59)29-23(53)12-22(68-45-38(63)35(60)31(56)25(14-49)70-45)13-24(29)69-41(43)19-5-9-21(52)10-6-19/h2-13,17,25-27,30-33,35-40,42,44-53,55-58,60-65H,14-16H2,1H3/t17-,25+,26+,27+,30-,31+,32+,33+,35-,36-,37-,38+,39+,40+,42+,44+,45+,46-,47-,48-/m0/s1. The highest BCUT2D eigenvalue weighted by Crippen LogP contribution is 2.40. The van der Waals surface area contributed by atoms with Crippen LogP contribution in [0.5, 0.6) is 28.7 Å². The van der Waals surface area contributed by atoms with Crippen LogP contribution in [0.1, 0.15) is 12.5 Å². The molecule has 4 saturated heterocycles. The molecule has 4 fully saturated rings. The lowest BCUT2D eigenvalue weighted by atomic mass is 9.96. The van der Waals surface area contributed by atoms with E-state index in [1.807, 2.05) is 0 Å². The highest BCUT2D eigenvalue weighted by atomic mass is 16.8. The Hall–Kier alpha value is -5.64. The minimum Gasteiger partial charge on any atom is -0.508 e. The molecule has 27 heteroatoms. The number of ether oxygens (including phenoxy) is 9. The monoisotopic (exact) mass is 1060 g/mol. The zero-order valence-electron chi connectivity index (χ0n) is 39.2. The molecule has 4 aliphatic rings. The fourth-order valence-electron chi connectivity index (χ4n) is 8.65. The molecule has 0 unspecified atom stereocenters. The molecule has 15 N–H and O–H groups in total. The van der Waals surface area contributed by atoms with Gasteiger partial charge in [-0.15, -0.1) is 0 Å². The summed E-state index contributed by atoms with van der Waals surface area (Å²) < 4.78 is 58.4. The number of carbonyl (C=O) groups excluding carboxylic acids is 1. The van der Waals surface area contributed by atoms with Gasteiger partial charge >= 0.3 is 5.97 Å². The molecule has 75 heavy (non-hydrogen) atoms. The van der Waals surface area contributed by atoms with Crippen LogP contribution in [-0.2, 0) is 38.0 Å². The van der Waals surface area contributed by atoms with Crippen LogP contribution >= 0.6 is 0 Å². The summed E-state index contributed by atoms with van der Waals surface area (Å²) in [5.41, 5.74) is -1.05. The molecule has 4 aliphatic heterocycles. The molecule has 0 spiro atoms. The van der Waals surface area contributed by atoms with Gasteiger partial charge in [-0.05, 0) is 55.0 Å². The molecule has 4 aromatic rings. The lowest BCUT2D eigenvalue weighted by Gasteiger charge is -2.48. The van der Waals surface area contributed by atoms with Gasteiger partial charge in [0.15, 0.2) is 24.4 Å². The largest absolute Gasteiger partial charge is 0.508 e. The van der Waals surface area contributed by atoms with Crippen LogP contribution in [0.25, 0.3) is 28.4 Å². The van der Waals surface area contributed by atoms with Gasteiger partial charge in [0.05, 0.1) is 19.3 Å². The SMILES string of the molecule is C[C@@H]1O[C@@H](Oc2c(-c3ccc(O)cc3)oc3cc(O[C@@H]4O[C@H](CO)[C@@H](O)[C@H](O)[C@H]4O)cc(O)c3c2=O)[C@H](O[C@@H]2O[C@H](CO)[C@@H](O)[C@H](O)[C@H]2O)[C@H](O[C@@H]2O[C@H](COC(=O)C=Cc3ccc(O)cc3)[C@@H](O)[C@H](O)[C@H]2O)[C@H]1O. The van der Waals surface area contributed by atoms with E-state index in [0.717, 1.165) is 18.2 Å². The Balaban J connectivity index is 1.14. The molecule has 0 radical (unpaired) electrons. The van der Waals surface area contributed by atoms with E-state index in [9.17, 15) is 86.2 Å². The van der Waals surface area contributed by atoms with E-state index in [-0.39, 0.29) is 22.8 Å². The number of hydrogen-bond donors (Lipinski definition) is 15. The van der Waals surface area contributed by atoms with Gasteiger partial charge in [0.2, 0.25) is 23.8 Å². The number of aromatic hydroxyl groups is 3. The first-order chi connectivity index (χ1) is 35.7. The number of aliphatic hydroxyl groups excluding tert-OH is 12. The quantitative estimate of drug-likeness (QED) is 0.0397. The first-order valence-corrected chi connectivity index (χ1v) is 23.2. The Bertz CT molecular complexity index is 2660. The predicted octanol–water partition coefficient (Wildman–Crippen LogP) is -4.13. The van der Waals surface area contributed by atoms with Crippen LogP contribution in [0.4, 0.5) is 0 Å². The number of rotatable bonds is 15. The summed E-state index contributed by atoms with van der Waals surface area (Å²) >= 11 is 0. The van der Waals surface area contributed by atoms with Crippen molar-refractivity contribution in [3.63, 3.8) is 0 Å². The summed E-state index contributed by atoms with van der Waals surface area (Å²) in [6.07, 6.45) is -35.1. The Morgan fingerprint density at radius 2 is 1.11 bits per heavy atom. The number of benzene rings is 3. The van der Waals surface area contributed by atoms with Gasteiger partial charge in [-0.1, -0.05) is 12.1 Å². The lowest BCUT2D eigenvalue weighted by Crippen LogP contribution is -2.67. The molecule has 20 atom stereocenters. The van der Waals surface area contributed by atoms with Gasteiger partial charge < -0.3 is 124 Å². The molecule has 0 saturated carbocycles. The van der Waals surface area contributed by atoms with Gasteiger partial charge in [-0.2, -0.15) is 0 Å². The molecule has 5 heterocycles. The first kappa shape index (κ1) is 55.6. The Labute approximate surface area is 422 Å². The van der Waals surface area contributed by atoms with Gasteiger partial charge in [0, 0.05) is 23.8 Å². The summed E-state index contributed by atoms with van der Waals surface area (Å²) in [5.74, 6) is -3.62. The summed E-state index contributed by atoms with van der Waals surface area (Å²) in [5, 5.41) is 159. The first-order valence-electron chi connectivity index (χ1n) is 23.2. The van der Waals surface area contributed by atoms with E-state index in [1.54, 1.807) is 0 Å². The highest BCUT2D eigenvalue weighted by molar-refractivity contribution is 5.88. The molecular weight excluding hydrogens is 1010 g/mol. The van der Waals surface area contributed by atoms with Crippen molar-refractivity contribution in [1.82, 2.24) is 0 Å². The molecule has 0 aliphatic carbocycles. The summed E-state index contributed by atoms with van der Waals surface area (Å²) in [6, 6.07) is 12.7. The number of hydrogen-bond acceptors (Lipinski definition) is 27. The highest BCUT2D eigenvalue weighted by Gasteiger charge is 2.55. The van der Waals surface area contributed by atoms with E-state index < -0.39 is 182 Å². The van der Waals surface area contributed by atoms with Crippen molar-refractivity contribution in [2.45, 2.75) is 130 Å². The lowest BCUT2D eigenvalue weighted by molar-refractivity contribution is -0.382. The number of esters is 1. The van der Waals surface area contributed by atoms with Crippen LogP contribution in [0.15, 0.2) is 76.0 Å². The molecule has 0 bridgehead atoms. The number of phenolic OH excluding ortho intramolecular Hbond substituents is 3. The van der Waals surface area contributed by atoms with Crippen LogP contribution < -0.4 is 14.9 Å². The summed E-state index contributed by atoms with van der Waals surface area (Å²) in [7, 11) is 0. The zero-order valence-corrected chi connectivity index (χ0v) is 39.2. The molecule has 3 aromatic carbocycles. The van der Waals surface area contributed by atoms with E-state index in [0.29, 0.717) is 5.56 Å². The van der Waals surface area contributed by atoms with Crippen LogP contribution in [0.2, 0.25) is 0 Å². The number of fused-ring (bicyclic) bond motifs is 1. The topological polar surface area (TPSA) is 434 Å². The van der Waals surface area contributed by atoms with E-state index in [4.69, 9.17) is 47.0 Å². The predicted molar refractivity (Wildman–Crippen MR) is 245 cm³/mol. The van der Waals surface area contributed by atoms with Crippen molar-refractivity contribution in [2.24, 2.45) is 0 Å². The number of phenols is 3. The maximum Gasteiger partial charge on any atom is 0.330 e. The smallest absolute Gasteiger partial charge is 0.330 e. The van der Waals surface area contributed by atoms with Crippen LogP contribution in [-0.4, -0.2) is 225 Å². The molecule has 0 amide bonds. The van der Waals surface area contributed by atoms with Crippen molar-refractivity contribution in [1.29, 1.82) is 0 Å². The van der Waals surface area contributed by atoms with Crippen molar-refractivity contribution in [3.05, 3.63) is 82.5 Å². The minimum atomic E-state index is -2.13. The molecular formula is C48H56O27. The van der Waals surface area contributed by atoms with Crippen LogP contribution in [0.3, 0.4) is 0 Å². The van der Waals surface area contributed by atoms with Gasteiger partial charge in [0.25, 0.3) is 0 Å². The Morgan fingerprint density at radius 3 is 1.69 bits per heavy atom. The zero-order chi connectivity index (χ0) is 54.2. The number of carbonyl (C=O) groups is 1. The minimum absolute atomic E-state index is 0.0125. The van der Waals surface area contributed by atoms with E-state index >= 15 is 0 Å². The molecule has 1 aromatic heterocycles. The fourth-order valence-corrected chi connectivity index (χ4v) is 8.65. The second-order valence-electron chi connectivity index (χ2n) is 18.1. The Kier molecular flexibility index (Phi) is 17.3. The third-order valence-electron chi connectivity index (χ3n) is 12.9. The van der Waals surface area contributed by atoms with E-state index in [2.05, 4.69) is 0 Å². The second kappa shape index (κ2) is 23.3. The van der Waals surface area contributed by atoms with Gasteiger partial charge in [-0.3, -0.25) is 4.79 Å². The van der Waals surface area contributed by atoms with Crippen molar-refractivity contribution < 1.29 is 128 Å². The van der Waals surface area contributed by atoms with Gasteiger partial charge in [0.1, 0.15) is 126 Å². The number of aliphatic hydroxyl groups is 12. The van der Waals surface area contributed by atoms with Crippen LogP contribution in [0, 0.1) is 0 Å². The van der Waals surface area contributed by atoms with Gasteiger partial charge in [-0.25, -0.2) is 4.79 Å².